The third-order valence-corrected chi connectivity index (χ3v) is 3.71. The third kappa shape index (κ3) is 2.58. The van der Waals surface area contributed by atoms with Gasteiger partial charge in [0.25, 0.3) is 0 Å². The van der Waals surface area contributed by atoms with E-state index in [-0.39, 0.29) is 0 Å². The van der Waals surface area contributed by atoms with E-state index in [1.807, 2.05) is 0 Å². The van der Waals surface area contributed by atoms with Crippen molar-refractivity contribution in [3.05, 3.63) is 35.0 Å². The standard InChI is InChI=1S/C17H24N2/c1-6-15-12(5)17(18-7-2)14-10-13(11(3)4)8-9-16(14)19-15/h8-11H,6-7H2,1-5H3,(H,18,19). The van der Waals surface area contributed by atoms with Crippen molar-refractivity contribution in [1.82, 2.24) is 4.98 Å². The van der Waals surface area contributed by atoms with Crippen LogP contribution in [0.15, 0.2) is 18.2 Å². The lowest BCUT2D eigenvalue weighted by atomic mass is 9.98. The van der Waals surface area contributed by atoms with E-state index in [1.54, 1.807) is 0 Å². The van der Waals surface area contributed by atoms with Gasteiger partial charge >= 0.3 is 0 Å². The number of nitrogens with one attached hydrogen (secondary N) is 1. The first-order valence-electron chi connectivity index (χ1n) is 7.25. The van der Waals surface area contributed by atoms with Gasteiger partial charge in [-0.1, -0.05) is 26.8 Å². The van der Waals surface area contributed by atoms with Gasteiger partial charge < -0.3 is 5.32 Å². The minimum absolute atomic E-state index is 0.546. The van der Waals surface area contributed by atoms with E-state index in [0.717, 1.165) is 18.5 Å². The van der Waals surface area contributed by atoms with Gasteiger partial charge in [-0.3, -0.25) is 4.98 Å². The Bertz CT molecular complexity index is 585. The van der Waals surface area contributed by atoms with Crippen LogP contribution in [0.3, 0.4) is 0 Å². The maximum Gasteiger partial charge on any atom is 0.0726 e. The van der Waals surface area contributed by atoms with Crippen LogP contribution < -0.4 is 5.32 Å². The molecule has 2 aromatic rings. The zero-order chi connectivity index (χ0) is 14.0. The maximum atomic E-state index is 4.80. The van der Waals surface area contributed by atoms with Crippen molar-refractivity contribution in [2.45, 2.75) is 47.0 Å². The molecule has 0 saturated carbocycles. The number of benzene rings is 1. The van der Waals surface area contributed by atoms with Crippen molar-refractivity contribution in [2.75, 3.05) is 11.9 Å². The van der Waals surface area contributed by atoms with Gasteiger partial charge in [0.2, 0.25) is 0 Å². The highest BCUT2D eigenvalue weighted by molar-refractivity contribution is 5.94. The van der Waals surface area contributed by atoms with Crippen LogP contribution >= 0.6 is 0 Å². The number of aryl methyl sites for hydroxylation is 1. The maximum absolute atomic E-state index is 4.80. The molecule has 1 N–H and O–H groups in total. The Labute approximate surface area is 116 Å². The van der Waals surface area contributed by atoms with E-state index in [9.17, 15) is 0 Å². The van der Waals surface area contributed by atoms with E-state index in [2.05, 4.69) is 58.1 Å². The predicted octanol–water partition coefficient (Wildman–Crippen LogP) is 4.66. The molecule has 2 rings (SSSR count). The fourth-order valence-electron chi connectivity index (χ4n) is 2.53. The van der Waals surface area contributed by atoms with E-state index >= 15 is 0 Å². The Morgan fingerprint density at radius 3 is 2.53 bits per heavy atom. The summed E-state index contributed by atoms with van der Waals surface area (Å²) in [6, 6.07) is 6.64. The minimum atomic E-state index is 0.546. The topological polar surface area (TPSA) is 24.9 Å². The molecule has 19 heavy (non-hydrogen) atoms. The number of nitrogens with zero attached hydrogens (tertiary/aromatic N) is 1. The Kier molecular flexibility index (Phi) is 4.08. The van der Waals surface area contributed by atoms with Crippen LogP contribution in [0.4, 0.5) is 5.69 Å². The third-order valence-electron chi connectivity index (χ3n) is 3.71. The summed E-state index contributed by atoms with van der Waals surface area (Å²) in [5.74, 6) is 0.546. The molecule has 0 spiro atoms. The Balaban J connectivity index is 2.73. The largest absolute Gasteiger partial charge is 0.385 e. The monoisotopic (exact) mass is 256 g/mol. The SMILES string of the molecule is CCNc1c(C)c(CC)nc2ccc(C(C)C)cc12. The minimum Gasteiger partial charge on any atom is -0.385 e. The van der Waals surface area contributed by atoms with Gasteiger partial charge in [0.1, 0.15) is 0 Å². The summed E-state index contributed by atoms with van der Waals surface area (Å²) >= 11 is 0. The number of anilines is 1. The molecular weight excluding hydrogens is 232 g/mol. The molecule has 2 nitrogen and oxygen atoms in total. The zero-order valence-corrected chi connectivity index (χ0v) is 12.7. The second-order valence-corrected chi connectivity index (χ2v) is 5.37. The summed E-state index contributed by atoms with van der Waals surface area (Å²) in [5.41, 5.74) is 6.21. The van der Waals surface area contributed by atoms with Crippen molar-refractivity contribution in [3.8, 4) is 0 Å². The number of hydrogen-bond donors (Lipinski definition) is 1. The van der Waals surface area contributed by atoms with E-state index in [1.165, 1.54) is 27.9 Å². The van der Waals surface area contributed by atoms with Crippen LogP contribution in [0, 0.1) is 6.92 Å². The average molecular weight is 256 g/mol. The smallest absolute Gasteiger partial charge is 0.0726 e. The molecule has 0 aliphatic heterocycles. The summed E-state index contributed by atoms with van der Waals surface area (Å²) in [4.78, 5) is 4.80. The molecule has 0 aliphatic carbocycles. The summed E-state index contributed by atoms with van der Waals surface area (Å²) < 4.78 is 0. The normalized spacial score (nSPS) is 11.3. The van der Waals surface area contributed by atoms with E-state index < -0.39 is 0 Å². The quantitative estimate of drug-likeness (QED) is 0.860. The lowest BCUT2D eigenvalue weighted by molar-refractivity contribution is 0.868. The molecule has 0 saturated heterocycles. The van der Waals surface area contributed by atoms with Crippen LogP contribution in [-0.2, 0) is 6.42 Å². The average Bonchev–Trinajstić information content (AvgIpc) is 2.41. The Morgan fingerprint density at radius 2 is 1.95 bits per heavy atom. The first kappa shape index (κ1) is 13.9. The molecular formula is C17H24N2. The van der Waals surface area contributed by atoms with Crippen LogP contribution in [-0.4, -0.2) is 11.5 Å². The van der Waals surface area contributed by atoms with Crippen LogP contribution in [0.5, 0.6) is 0 Å². The second kappa shape index (κ2) is 5.60. The lowest BCUT2D eigenvalue weighted by Crippen LogP contribution is -2.04. The summed E-state index contributed by atoms with van der Waals surface area (Å²) in [6.45, 7) is 11.9. The van der Waals surface area contributed by atoms with Gasteiger partial charge in [-0.15, -0.1) is 0 Å². The number of pyridine rings is 1. The molecule has 1 aromatic heterocycles. The molecule has 0 radical (unpaired) electrons. The van der Waals surface area contributed by atoms with Gasteiger partial charge in [-0.25, -0.2) is 0 Å². The van der Waals surface area contributed by atoms with Crippen LogP contribution in [0.25, 0.3) is 10.9 Å². The molecule has 0 aliphatic rings. The molecule has 0 unspecified atom stereocenters. The van der Waals surface area contributed by atoms with Gasteiger partial charge in [0, 0.05) is 23.3 Å². The highest BCUT2D eigenvalue weighted by atomic mass is 14.9. The molecule has 1 aromatic carbocycles. The zero-order valence-electron chi connectivity index (χ0n) is 12.7. The van der Waals surface area contributed by atoms with Crippen molar-refractivity contribution < 1.29 is 0 Å². The molecule has 0 fully saturated rings. The number of rotatable bonds is 4. The van der Waals surface area contributed by atoms with Crippen LogP contribution in [0.2, 0.25) is 0 Å². The summed E-state index contributed by atoms with van der Waals surface area (Å²) in [5, 5.41) is 4.77. The second-order valence-electron chi connectivity index (χ2n) is 5.37. The Morgan fingerprint density at radius 1 is 1.21 bits per heavy atom. The van der Waals surface area contributed by atoms with E-state index in [4.69, 9.17) is 4.98 Å². The van der Waals surface area contributed by atoms with E-state index in [0.29, 0.717) is 5.92 Å². The van der Waals surface area contributed by atoms with Crippen molar-refractivity contribution in [2.24, 2.45) is 0 Å². The van der Waals surface area contributed by atoms with Crippen molar-refractivity contribution in [1.29, 1.82) is 0 Å². The Hall–Kier alpha value is -1.57. The molecule has 0 atom stereocenters. The fraction of sp³-hybridized carbons (Fsp3) is 0.471. The highest BCUT2D eigenvalue weighted by Gasteiger charge is 2.11. The van der Waals surface area contributed by atoms with Gasteiger partial charge in [-0.2, -0.15) is 0 Å². The number of hydrogen-bond acceptors (Lipinski definition) is 2. The van der Waals surface area contributed by atoms with Crippen LogP contribution in [0.1, 0.15) is 50.4 Å². The van der Waals surface area contributed by atoms with Crippen molar-refractivity contribution >= 4 is 16.6 Å². The number of fused-ring (bicyclic) bond motifs is 1. The van der Waals surface area contributed by atoms with Gasteiger partial charge in [-0.05, 0) is 49.4 Å². The number of aromatic nitrogens is 1. The van der Waals surface area contributed by atoms with Gasteiger partial charge in [0.05, 0.1) is 5.52 Å². The summed E-state index contributed by atoms with van der Waals surface area (Å²) in [7, 11) is 0. The van der Waals surface area contributed by atoms with Crippen molar-refractivity contribution in [3.63, 3.8) is 0 Å². The predicted molar refractivity (Wildman–Crippen MR) is 84.1 cm³/mol. The molecule has 1 heterocycles. The molecule has 0 bridgehead atoms. The first-order chi connectivity index (χ1) is 9.08. The first-order valence-corrected chi connectivity index (χ1v) is 7.25. The van der Waals surface area contributed by atoms with Gasteiger partial charge in [0.15, 0.2) is 0 Å². The molecule has 102 valence electrons. The highest BCUT2D eigenvalue weighted by Crippen LogP contribution is 2.30. The summed E-state index contributed by atoms with van der Waals surface area (Å²) in [6.07, 6.45) is 0.978. The fourth-order valence-corrected chi connectivity index (χ4v) is 2.53. The molecule has 0 amide bonds. The lowest BCUT2D eigenvalue weighted by Gasteiger charge is -2.16. The molecule has 2 heteroatoms.